The second-order valence-electron chi connectivity index (χ2n) is 9.64. The van der Waals surface area contributed by atoms with Crippen molar-refractivity contribution < 1.29 is 0 Å². The number of benzene rings is 1. The summed E-state index contributed by atoms with van der Waals surface area (Å²) in [5.74, 6) is 0. The molecule has 1 unspecified atom stereocenters. The fraction of sp³-hybridized carbons (Fsp3) is 0.429. The highest BCUT2D eigenvalue weighted by Gasteiger charge is 2.30. The van der Waals surface area contributed by atoms with Crippen LogP contribution in [0.15, 0.2) is 54.9 Å². The maximum Gasteiger partial charge on any atom is 0.0607 e. The molecule has 1 atom stereocenters. The topological polar surface area (TPSA) is 44.3 Å². The molecule has 3 heterocycles. The van der Waals surface area contributed by atoms with Gasteiger partial charge < -0.3 is 5.32 Å². The average molecular weight is 440 g/mol. The maximum absolute atomic E-state index is 4.93. The van der Waals surface area contributed by atoms with Crippen LogP contribution in [0.5, 0.6) is 0 Å². The number of pyridine rings is 2. The molecule has 0 bridgehead atoms. The van der Waals surface area contributed by atoms with Gasteiger partial charge in [0, 0.05) is 64.6 Å². The predicted molar refractivity (Wildman–Crippen MR) is 132 cm³/mol. The molecule has 5 nitrogen and oxygen atoms in total. The summed E-state index contributed by atoms with van der Waals surface area (Å²) in [6.45, 7) is 7.53. The highest BCUT2D eigenvalue weighted by Crippen LogP contribution is 2.39. The van der Waals surface area contributed by atoms with E-state index in [2.05, 4.69) is 57.6 Å². The number of aromatic nitrogens is 2. The van der Waals surface area contributed by atoms with Crippen molar-refractivity contribution in [2.75, 3.05) is 39.3 Å². The molecule has 1 aliphatic heterocycles. The van der Waals surface area contributed by atoms with E-state index in [1.165, 1.54) is 52.0 Å². The van der Waals surface area contributed by atoms with E-state index in [1.54, 1.807) is 0 Å². The number of fused-ring (bicyclic) bond motifs is 4. The van der Waals surface area contributed by atoms with Crippen molar-refractivity contribution in [2.45, 2.75) is 38.3 Å². The van der Waals surface area contributed by atoms with Crippen molar-refractivity contribution in [3.8, 4) is 11.1 Å². The molecule has 0 saturated carbocycles. The van der Waals surface area contributed by atoms with Crippen molar-refractivity contribution in [1.29, 1.82) is 0 Å². The first-order chi connectivity index (χ1) is 16.4. The van der Waals surface area contributed by atoms with Gasteiger partial charge in [-0.2, -0.15) is 0 Å². The lowest BCUT2D eigenvalue weighted by Gasteiger charge is -2.37. The number of nitrogens with zero attached hydrogens (tertiary/aromatic N) is 4. The lowest BCUT2D eigenvalue weighted by molar-refractivity contribution is 0.130. The lowest BCUT2D eigenvalue weighted by Crippen LogP contribution is -2.47. The number of nitrogens with one attached hydrogen (secondary N) is 1. The van der Waals surface area contributed by atoms with Crippen molar-refractivity contribution >= 4 is 0 Å². The largest absolute Gasteiger partial charge is 0.314 e. The van der Waals surface area contributed by atoms with Crippen molar-refractivity contribution in [1.82, 2.24) is 25.1 Å². The van der Waals surface area contributed by atoms with Gasteiger partial charge in [0.15, 0.2) is 0 Å². The van der Waals surface area contributed by atoms with E-state index in [4.69, 9.17) is 9.97 Å². The Morgan fingerprint density at radius 3 is 2.76 bits per heavy atom. The molecule has 6 rings (SSSR count). The third-order valence-corrected chi connectivity index (χ3v) is 7.69. The molecule has 5 heteroatoms. The summed E-state index contributed by atoms with van der Waals surface area (Å²) in [6.07, 6.45) is 8.55. The zero-order valence-electron chi connectivity index (χ0n) is 19.3. The molecule has 1 saturated heterocycles. The first-order valence-corrected chi connectivity index (χ1v) is 12.5. The lowest BCUT2D eigenvalue weighted by atomic mass is 9.90. The summed E-state index contributed by atoms with van der Waals surface area (Å²) in [4.78, 5) is 15.1. The minimum atomic E-state index is 0.374. The standard InChI is InChI=1S/C28H33N5/c1-2-8-23-22(5-1)19-25-24(23)10-12-30-26(25)20-33(18-17-32-15-13-29-14-16-32)27-9-3-6-21-7-4-11-31-28(21)27/h1-2,4-5,7-8,10-12,27,29H,3,6,9,13-20H2. The molecule has 33 heavy (non-hydrogen) atoms. The van der Waals surface area contributed by atoms with E-state index in [1.807, 2.05) is 12.4 Å². The SMILES string of the molecule is c1ccc2c(c1)Cc1c-2ccnc1CN(CCN1CCNCC1)C1CCCc2cccnc21. The zero-order chi connectivity index (χ0) is 22.0. The summed E-state index contributed by atoms with van der Waals surface area (Å²) in [5, 5.41) is 3.48. The number of rotatable bonds is 6. The second kappa shape index (κ2) is 9.34. The highest BCUT2D eigenvalue weighted by molar-refractivity contribution is 5.77. The highest BCUT2D eigenvalue weighted by atomic mass is 15.2. The smallest absolute Gasteiger partial charge is 0.0607 e. The molecule has 0 spiro atoms. The van der Waals surface area contributed by atoms with E-state index in [0.717, 1.165) is 58.7 Å². The maximum atomic E-state index is 4.93. The van der Waals surface area contributed by atoms with Crippen LogP contribution in [0.3, 0.4) is 0 Å². The normalized spacial score (nSPS) is 19.8. The van der Waals surface area contributed by atoms with Crippen molar-refractivity contribution in [3.63, 3.8) is 0 Å². The number of aryl methyl sites for hydroxylation is 1. The van der Waals surface area contributed by atoms with Gasteiger partial charge in [-0.25, -0.2) is 0 Å². The third kappa shape index (κ3) is 4.21. The van der Waals surface area contributed by atoms with E-state index < -0.39 is 0 Å². The number of hydrogen-bond acceptors (Lipinski definition) is 5. The van der Waals surface area contributed by atoms with Crippen molar-refractivity contribution in [2.24, 2.45) is 0 Å². The Labute approximate surface area is 196 Å². The fourth-order valence-corrected chi connectivity index (χ4v) is 5.93. The van der Waals surface area contributed by atoms with Crippen LogP contribution in [0.1, 0.15) is 47.0 Å². The zero-order valence-corrected chi connectivity index (χ0v) is 19.3. The van der Waals surface area contributed by atoms with Gasteiger partial charge in [-0.05, 0) is 59.2 Å². The first-order valence-electron chi connectivity index (χ1n) is 12.5. The predicted octanol–water partition coefficient (Wildman–Crippen LogP) is 3.83. The monoisotopic (exact) mass is 439 g/mol. The fourth-order valence-electron chi connectivity index (χ4n) is 5.93. The van der Waals surface area contributed by atoms with Crippen LogP contribution in [0.25, 0.3) is 11.1 Å². The molecule has 170 valence electrons. The molecule has 2 aliphatic carbocycles. The van der Waals surface area contributed by atoms with E-state index in [9.17, 15) is 0 Å². The van der Waals surface area contributed by atoms with Crippen molar-refractivity contribution in [3.05, 3.63) is 82.9 Å². The van der Waals surface area contributed by atoms with Gasteiger partial charge >= 0.3 is 0 Å². The molecule has 1 N–H and O–H groups in total. The summed E-state index contributed by atoms with van der Waals surface area (Å²) >= 11 is 0. The molecule has 3 aromatic rings. The van der Waals surface area contributed by atoms with E-state index in [-0.39, 0.29) is 0 Å². The Balaban J connectivity index is 1.30. The van der Waals surface area contributed by atoms with Gasteiger partial charge in [0.2, 0.25) is 0 Å². The number of piperazine rings is 1. The molecule has 2 aromatic heterocycles. The quantitative estimate of drug-likeness (QED) is 0.495. The molecule has 1 fully saturated rings. The summed E-state index contributed by atoms with van der Waals surface area (Å²) < 4.78 is 0. The third-order valence-electron chi connectivity index (χ3n) is 7.69. The molecule has 0 radical (unpaired) electrons. The number of hydrogen-bond donors (Lipinski definition) is 1. The van der Waals surface area contributed by atoms with Crippen LogP contribution in [0.4, 0.5) is 0 Å². The Kier molecular flexibility index (Phi) is 5.93. The molecular weight excluding hydrogens is 406 g/mol. The van der Waals surface area contributed by atoms with Gasteiger partial charge in [-0.15, -0.1) is 0 Å². The van der Waals surface area contributed by atoms with Crippen LogP contribution in [-0.4, -0.2) is 59.0 Å². The first kappa shape index (κ1) is 21.0. The minimum Gasteiger partial charge on any atom is -0.314 e. The minimum absolute atomic E-state index is 0.374. The summed E-state index contributed by atoms with van der Waals surface area (Å²) in [7, 11) is 0. The van der Waals surface area contributed by atoms with Gasteiger partial charge in [0.25, 0.3) is 0 Å². The summed E-state index contributed by atoms with van der Waals surface area (Å²) in [6, 6.07) is 15.8. The van der Waals surface area contributed by atoms with Gasteiger partial charge in [-0.3, -0.25) is 19.8 Å². The van der Waals surface area contributed by atoms with E-state index >= 15 is 0 Å². The summed E-state index contributed by atoms with van der Waals surface area (Å²) in [5.41, 5.74) is 9.57. The molecule has 0 amide bonds. The van der Waals surface area contributed by atoms with Crippen LogP contribution in [0, 0.1) is 0 Å². The van der Waals surface area contributed by atoms with E-state index in [0.29, 0.717) is 6.04 Å². The Bertz CT molecular complexity index is 1120. The Hall–Kier alpha value is -2.60. The van der Waals surface area contributed by atoms with Crippen LogP contribution >= 0.6 is 0 Å². The Morgan fingerprint density at radius 2 is 1.82 bits per heavy atom. The molecular formula is C28H33N5. The van der Waals surface area contributed by atoms with Crippen LogP contribution < -0.4 is 5.32 Å². The van der Waals surface area contributed by atoms with Crippen LogP contribution in [-0.2, 0) is 19.4 Å². The van der Waals surface area contributed by atoms with Gasteiger partial charge in [-0.1, -0.05) is 30.3 Å². The molecule has 3 aliphatic rings. The second-order valence-corrected chi connectivity index (χ2v) is 9.64. The molecule has 1 aromatic carbocycles. The van der Waals surface area contributed by atoms with Crippen LogP contribution in [0.2, 0.25) is 0 Å². The van der Waals surface area contributed by atoms with Gasteiger partial charge in [0.1, 0.15) is 0 Å². The Morgan fingerprint density at radius 1 is 0.939 bits per heavy atom. The average Bonchev–Trinajstić information content (AvgIpc) is 3.26. The van der Waals surface area contributed by atoms with Gasteiger partial charge in [0.05, 0.1) is 17.4 Å².